The fraction of sp³-hybridized carbons (Fsp3) is 0.429. The highest BCUT2D eigenvalue weighted by molar-refractivity contribution is 5.56. The van der Waals surface area contributed by atoms with Crippen LogP contribution in [-0.2, 0) is 12.6 Å². The van der Waals surface area contributed by atoms with Crippen molar-refractivity contribution in [3.05, 3.63) is 35.2 Å². The third-order valence-electron chi connectivity index (χ3n) is 3.22. The van der Waals surface area contributed by atoms with Crippen LogP contribution in [0, 0.1) is 11.6 Å². The summed E-state index contributed by atoms with van der Waals surface area (Å²) in [5, 5.41) is 3.04. The van der Waals surface area contributed by atoms with Crippen LogP contribution in [0.2, 0.25) is 0 Å². The number of benzene rings is 1. The van der Waals surface area contributed by atoms with Gasteiger partial charge < -0.3 is 10.3 Å². The zero-order valence-electron chi connectivity index (χ0n) is 12.0. The normalized spacial score (nSPS) is 11.9. The molecule has 0 saturated heterocycles. The minimum atomic E-state index is -4.84. The largest absolute Gasteiger partial charge is 0.471 e. The molecule has 0 amide bonds. The number of hydrogen-bond donors (Lipinski definition) is 1. The summed E-state index contributed by atoms with van der Waals surface area (Å²) in [6.45, 7) is 0.523. The first-order valence-corrected chi connectivity index (χ1v) is 6.92. The van der Waals surface area contributed by atoms with Crippen LogP contribution in [0.4, 0.5) is 22.0 Å². The second-order valence-electron chi connectivity index (χ2n) is 4.92. The second-order valence-corrected chi connectivity index (χ2v) is 4.92. The van der Waals surface area contributed by atoms with E-state index in [4.69, 9.17) is 5.73 Å². The molecule has 23 heavy (non-hydrogen) atoms. The third kappa shape index (κ3) is 4.04. The summed E-state index contributed by atoms with van der Waals surface area (Å²) in [4.78, 5) is 3.05. The van der Waals surface area contributed by atoms with E-state index >= 15 is 0 Å². The highest BCUT2D eigenvalue weighted by atomic mass is 19.4. The number of aromatic nitrogens is 2. The molecule has 2 N–H and O–H groups in total. The Balaban J connectivity index is 2.21. The fourth-order valence-corrected chi connectivity index (χ4v) is 2.04. The van der Waals surface area contributed by atoms with Gasteiger partial charge in [-0.1, -0.05) is 17.6 Å². The topological polar surface area (TPSA) is 64.9 Å². The van der Waals surface area contributed by atoms with Crippen molar-refractivity contribution < 1.29 is 26.5 Å². The van der Waals surface area contributed by atoms with E-state index in [1.54, 1.807) is 0 Å². The number of nitrogens with zero attached hydrogens (tertiary/aromatic N) is 2. The fourth-order valence-electron chi connectivity index (χ4n) is 2.04. The number of nitrogens with two attached hydrogens (primary N) is 1. The van der Waals surface area contributed by atoms with E-state index in [2.05, 4.69) is 14.7 Å². The number of hydrogen-bond acceptors (Lipinski definition) is 4. The molecule has 4 nitrogen and oxygen atoms in total. The molecule has 0 aliphatic carbocycles. The molecule has 2 aromatic rings. The number of aryl methyl sites for hydroxylation is 1. The van der Waals surface area contributed by atoms with Gasteiger partial charge in [0.15, 0.2) is 11.6 Å². The van der Waals surface area contributed by atoms with Crippen LogP contribution in [0.3, 0.4) is 0 Å². The summed E-state index contributed by atoms with van der Waals surface area (Å²) in [5.41, 5.74) is 5.00. The average molecular weight is 335 g/mol. The van der Waals surface area contributed by atoms with Gasteiger partial charge in [-0.3, -0.25) is 0 Å². The van der Waals surface area contributed by atoms with E-state index in [1.165, 1.54) is 6.07 Å². The van der Waals surface area contributed by atoms with Crippen LogP contribution in [0.5, 0.6) is 0 Å². The summed E-state index contributed by atoms with van der Waals surface area (Å²) in [7, 11) is 0. The Bertz CT molecular complexity index is 669. The lowest BCUT2D eigenvalue weighted by Gasteiger charge is -2.06. The molecular weight excluding hydrogens is 321 g/mol. The Hall–Kier alpha value is -2.03. The lowest BCUT2D eigenvalue weighted by atomic mass is 10.0. The molecule has 0 bridgehead atoms. The van der Waals surface area contributed by atoms with Gasteiger partial charge in [0, 0.05) is 0 Å². The van der Waals surface area contributed by atoms with Gasteiger partial charge in [0.1, 0.15) is 0 Å². The molecule has 126 valence electrons. The maximum Gasteiger partial charge on any atom is 0.471 e. The van der Waals surface area contributed by atoms with Gasteiger partial charge in [0.05, 0.1) is 5.56 Å². The lowest BCUT2D eigenvalue weighted by molar-refractivity contribution is -0.159. The molecule has 0 aliphatic rings. The summed E-state index contributed by atoms with van der Waals surface area (Å²) in [5.74, 6) is -4.67. The smallest absolute Gasteiger partial charge is 0.330 e. The Kier molecular flexibility index (Phi) is 5.30. The monoisotopic (exact) mass is 335 g/mol. The van der Waals surface area contributed by atoms with Crippen molar-refractivity contribution in [2.24, 2.45) is 5.73 Å². The maximum atomic E-state index is 14.0. The van der Waals surface area contributed by atoms with Crippen LogP contribution in [0.25, 0.3) is 11.4 Å². The first-order valence-electron chi connectivity index (χ1n) is 6.92. The molecule has 0 unspecified atom stereocenters. The van der Waals surface area contributed by atoms with Crippen LogP contribution in [0.1, 0.15) is 30.7 Å². The summed E-state index contributed by atoms with van der Waals surface area (Å²) >= 11 is 0. The zero-order valence-corrected chi connectivity index (χ0v) is 12.0. The highest BCUT2D eigenvalue weighted by Crippen LogP contribution is 2.31. The molecule has 1 aromatic carbocycles. The van der Waals surface area contributed by atoms with E-state index in [0.29, 0.717) is 19.4 Å². The summed E-state index contributed by atoms with van der Waals surface area (Å²) in [6.07, 6.45) is -2.34. The van der Waals surface area contributed by atoms with Gasteiger partial charge in [-0.2, -0.15) is 18.2 Å². The van der Waals surface area contributed by atoms with Gasteiger partial charge in [0.2, 0.25) is 5.82 Å². The zero-order chi connectivity index (χ0) is 17.0. The van der Waals surface area contributed by atoms with Crippen molar-refractivity contribution in [3.8, 4) is 11.4 Å². The van der Waals surface area contributed by atoms with E-state index in [-0.39, 0.29) is 5.56 Å². The summed E-state index contributed by atoms with van der Waals surface area (Å²) < 4.78 is 69.2. The average Bonchev–Trinajstić information content (AvgIpc) is 2.97. The molecule has 0 spiro atoms. The molecule has 0 atom stereocenters. The van der Waals surface area contributed by atoms with Gasteiger partial charge in [-0.05, 0) is 37.4 Å². The van der Waals surface area contributed by atoms with Crippen molar-refractivity contribution >= 4 is 0 Å². The van der Waals surface area contributed by atoms with E-state index in [0.717, 1.165) is 18.9 Å². The van der Waals surface area contributed by atoms with Crippen molar-refractivity contribution in [3.63, 3.8) is 0 Å². The standard InChI is InChI=1S/C14H14F5N3O/c15-10-8(4-2-1-3-7-20)5-6-9(11(10)16)12-21-13(23-22-12)14(17,18)19/h5-6H,1-4,7,20H2. The quantitative estimate of drug-likeness (QED) is 0.646. The van der Waals surface area contributed by atoms with Crippen molar-refractivity contribution in [1.82, 2.24) is 10.1 Å². The number of unbranched alkanes of at least 4 members (excludes halogenated alkanes) is 2. The molecule has 1 aromatic heterocycles. The molecule has 1 heterocycles. The molecular formula is C14H14F5N3O. The predicted molar refractivity (Wildman–Crippen MR) is 71.3 cm³/mol. The Labute approximate surface area is 128 Å². The second kappa shape index (κ2) is 7.03. The van der Waals surface area contributed by atoms with Crippen LogP contribution < -0.4 is 5.73 Å². The van der Waals surface area contributed by atoms with E-state index in [1.807, 2.05) is 0 Å². The van der Waals surface area contributed by atoms with Crippen molar-refractivity contribution in [2.45, 2.75) is 31.9 Å². The third-order valence-corrected chi connectivity index (χ3v) is 3.22. The molecule has 9 heteroatoms. The molecule has 0 aliphatic heterocycles. The SMILES string of the molecule is NCCCCCc1ccc(-c2noc(C(F)(F)F)n2)c(F)c1F. The Morgan fingerprint density at radius 2 is 1.78 bits per heavy atom. The Morgan fingerprint density at radius 3 is 2.39 bits per heavy atom. The van der Waals surface area contributed by atoms with Crippen molar-refractivity contribution in [2.75, 3.05) is 6.54 Å². The molecule has 0 fully saturated rings. The number of rotatable bonds is 6. The minimum Gasteiger partial charge on any atom is -0.330 e. The van der Waals surface area contributed by atoms with Gasteiger partial charge >= 0.3 is 12.1 Å². The lowest BCUT2D eigenvalue weighted by Crippen LogP contribution is -2.05. The molecule has 0 radical (unpaired) electrons. The van der Waals surface area contributed by atoms with Crippen LogP contribution in [0.15, 0.2) is 16.7 Å². The molecule has 0 saturated carbocycles. The first kappa shape index (κ1) is 17.3. The van der Waals surface area contributed by atoms with E-state index in [9.17, 15) is 22.0 Å². The van der Waals surface area contributed by atoms with Gasteiger partial charge in [-0.25, -0.2) is 8.78 Å². The minimum absolute atomic E-state index is 0.141. The predicted octanol–water partition coefficient (Wildman–Crippen LogP) is 3.71. The maximum absolute atomic E-state index is 14.0. The Morgan fingerprint density at radius 1 is 1.04 bits per heavy atom. The first-order chi connectivity index (χ1) is 10.8. The van der Waals surface area contributed by atoms with Crippen LogP contribution in [-0.4, -0.2) is 16.7 Å². The number of alkyl halides is 3. The van der Waals surface area contributed by atoms with Crippen molar-refractivity contribution in [1.29, 1.82) is 0 Å². The van der Waals surface area contributed by atoms with Crippen LogP contribution >= 0.6 is 0 Å². The molecule has 2 rings (SSSR count). The number of halogens is 5. The highest BCUT2D eigenvalue weighted by Gasteiger charge is 2.38. The van der Waals surface area contributed by atoms with Gasteiger partial charge in [-0.15, -0.1) is 0 Å². The summed E-state index contributed by atoms with van der Waals surface area (Å²) in [6, 6.07) is 2.45. The van der Waals surface area contributed by atoms with Gasteiger partial charge in [0.25, 0.3) is 0 Å². The van der Waals surface area contributed by atoms with E-state index < -0.39 is 35.1 Å².